The van der Waals surface area contributed by atoms with Gasteiger partial charge in [-0.25, -0.2) is 0 Å². The Morgan fingerprint density at radius 1 is 0.929 bits per heavy atom. The number of ether oxygens (including phenoxy) is 3. The van der Waals surface area contributed by atoms with E-state index < -0.39 is 0 Å². The molecular formula is C23H25NO4. The molecule has 0 radical (unpaired) electrons. The van der Waals surface area contributed by atoms with Crippen molar-refractivity contribution in [3.8, 4) is 11.5 Å². The van der Waals surface area contributed by atoms with Gasteiger partial charge in [0.05, 0.1) is 19.6 Å². The predicted octanol–water partition coefficient (Wildman–Crippen LogP) is 4.62. The maximum absolute atomic E-state index is 12.7. The monoisotopic (exact) mass is 379 g/mol. The lowest BCUT2D eigenvalue weighted by Crippen LogP contribution is -2.18. The molecular weight excluding hydrogens is 354 g/mol. The van der Waals surface area contributed by atoms with Gasteiger partial charge in [-0.15, -0.1) is 0 Å². The third kappa shape index (κ3) is 4.81. The molecule has 0 saturated carbocycles. The molecule has 28 heavy (non-hydrogen) atoms. The van der Waals surface area contributed by atoms with Gasteiger partial charge in [0, 0.05) is 18.9 Å². The van der Waals surface area contributed by atoms with Gasteiger partial charge in [-0.05, 0) is 47.5 Å². The first-order chi connectivity index (χ1) is 13.6. The number of carbonyl (C=O) groups excluding carboxylic acids is 1. The Balaban J connectivity index is 1.70. The molecule has 0 fully saturated rings. The highest BCUT2D eigenvalue weighted by molar-refractivity contribution is 5.96. The van der Waals surface area contributed by atoms with Crippen LogP contribution in [0.2, 0.25) is 0 Å². The minimum Gasteiger partial charge on any atom is -0.497 e. The van der Waals surface area contributed by atoms with E-state index in [0.717, 1.165) is 22.1 Å². The smallest absolute Gasteiger partial charge is 0.231 e. The molecule has 3 aromatic carbocycles. The first-order valence-corrected chi connectivity index (χ1v) is 9.21. The standard InChI is InChI=1S/C23H25NO4/c1-16(17-7-8-19-14-21(27-3)10-9-18(19)13-17)23(25)24-20-5-4-6-22(15-20)28-12-11-26-2/h4-10,13-16H,11-12H2,1-3H3,(H,24,25)/t16-/m0/s1. The normalized spacial score (nSPS) is 11.8. The molecule has 1 amide bonds. The van der Waals surface area contributed by atoms with E-state index in [9.17, 15) is 4.79 Å². The average molecular weight is 379 g/mol. The van der Waals surface area contributed by atoms with Crippen LogP contribution >= 0.6 is 0 Å². The van der Waals surface area contributed by atoms with E-state index >= 15 is 0 Å². The third-order valence-corrected chi connectivity index (χ3v) is 4.62. The number of amides is 1. The maximum atomic E-state index is 12.7. The summed E-state index contributed by atoms with van der Waals surface area (Å²) in [5.74, 6) is 1.16. The van der Waals surface area contributed by atoms with Crippen molar-refractivity contribution in [2.75, 3.05) is 32.8 Å². The van der Waals surface area contributed by atoms with E-state index in [1.807, 2.05) is 67.6 Å². The summed E-state index contributed by atoms with van der Waals surface area (Å²) in [6, 6.07) is 19.3. The van der Waals surface area contributed by atoms with Crippen molar-refractivity contribution in [1.82, 2.24) is 0 Å². The van der Waals surface area contributed by atoms with Gasteiger partial charge in [0.1, 0.15) is 18.1 Å². The van der Waals surface area contributed by atoms with Crippen molar-refractivity contribution in [2.24, 2.45) is 0 Å². The van der Waals surface area contributed by atoms with Gasteiger partial charge in [0.25, 0.3) is 0 Å². The van der Waals surface area contributed by atoms with Crippen molar-refractivity contribution in [3.05, 3.63) is 66.2 Å². The molecule has 0 aromatic heterocycles. The number of fused-ring (bicyclic) bond motifs is 1. The maximum Gasteiger partial charge on any atom is 0.231 e. The lowest BCUT2D eigenvalue weighted by Gasteiger charge is -2.14. The van der Waals surface area contributed by atoms with Crippen LogP contribution < -0.4 is 14.8 Å². The van der Waals surface area contributed by atoms with Crippen LogP contribution in [0.4, 0.5) is 5.69 Å². The third-order valence-electron chi connectivity index (χ3n) is 4.62. The highest BCUT2D eigenvalue weighted by Gasteiger charge is 2.16. The van der Waals surface area contributed by atoms with Gasteiger partial charge >= 0.3 is 0 Å². The van der Waals surface area contributed by atoms with Gasteiger partial charge in [-0.2, -0.15) is 0 Å². The molecule has 1 atom stereocenters. The summed E-state index contributed by atoms with van der Waals surface area (Å²) in [4.78, 5) is 12.7. The number of benzene rings is 3. The lowest BCUT2D eigenvalue weighted by molar-refractivity contribution is -0.117. The summed E-state index contributed by atoms with van der Waals surface area (Å²) in [6.07, 6.45) is 0. The summed E-state index contributed by atoms with van der Waals surface area (Å²) in [5.41, 5.74) is 1.67. The predicted molar refractivity (Wildman–Crippen MR) is 111 cm³/mol. The van der Waals surface area contributed by atoms with Gasteiger partial charge in [0.15, 0.2) is 0 Å². The van der Waals surface area contributed by atoms with E-state index in [4.69, 9.17) is 14.2 Å². The number of hydrogen-bond acceptors (Lipinski definition) is 4. The van der Waals surface area contributed by atoms with Crippen LogP contribution in [0.5, 0.6) is 11.5 Å². The molecule has 5 heteroatoms. The van der Waals surface area contributed by atoms with Crippen LogP contribution in [0.3, 0.4) is 0 Å². The highest BCUT2D eigenvalue weighted by Crippen LogP contribution is 2.26. The molecule has 0 aliphatic carbocycles. The fourth-order valence-electron chi connectivity index (χ4n) is 2.95. The van der Waals surface area contributed by atoms with Crippen molar-refractivity contribution in [2.45, 2.75) is 12.8 Å². The van der Waals surface area contributed by atoms with E-state index in [1.165, 1.54) is 0 Å². The fraction of sp³-hybridized carbons (Fsp3) is 0.261. The van der Waals surface area contributed by atoms with Crippen molar-refractivity contribution in [1.29, 1.82) is 0 Å². The zero-order valence-electron chi connectivity index (χ0n) is 16.4. The van der Waals surface area contributed by atoms with Gasteiger partial charge in [-0.1, -0.05) is 30.3 Å². The summed E-state index contributed by atoms with van der Waals surface area (Å²) in [7, 11) is 3.28. The minimum atomic E-state index is -0.287. The molecule has 3 rings (SSSR count). The quantitative estimate of drug-likeness (QED) is 0.581. The Kier molecular flexibility index (Phi) is 6.50. The molecule has 0 bridgehead atoms. The molecule has 0 aliphatic heterocycles. The Hall–Kier alpha value is -3.05. The molecule has 0 heterocycles. The molecule has 0 aliphatic rings. The Morgan fingerprint density at radius 3 is 2.50 bits per heavy atom. The van der Waals surface area contributed by atoms with Gasteiger partial charge in [0.2, 0.25) is 5.91 Å². The van der Waals surface area contributed by atoms with E-state index in [-0.39, 0.29) is 11.8 Å². The number of nitrogens with one attached hydrogen (secondary N) is 1. The summed E-state index contributed by atoms with van der Waals surface area (Å²) in [6.45, 7) is 2.88. The lowest BCUT2D eigenvalue weighted by atomic mass is 9.97. The molecule has 0 saturated heterocycles. The number of methoxy groups -OCH3 is 2. The Labute approximate surface area is 165 Å². The Morgan fingerprint density at radius 2 is 1.71 bits per heavy atom. The van der Waals surface area contributed by atoms with Crippen molar-refractivity contribution in [3.63, 3.8) is 0 Å². The number of anilines is 1. The van der Waals surface area contributed by atoms with Crippen LogP contribution in [0.1, 0.15) is 18.4 Å². The van der Waals surface area contributed by atoms with E-state index in [0.29, 0.717) is 24.7 Å². The first kappa shape index (κ1) is 19.7. The molecule has 3 aromatic rings. The second-order valence-corrected chi connectivity index (χ2v) is 6.55. The van der Waals surface area contributed by atoms with Crippen LogP contribution in [-0.2, 0) is 9.53 Å². The highest BCUT2D eigenvalue weighted by atomic mass is 16.5. The summed E-state index contributed by atoms with van der Waals surface area (Å²) in [5, 5.41) is 5.12. The largest absolute Gasteiger partial charge is 0.497 e. The second-order valence-electron chi connectivity index (χ2n) is 6.55. The SMILES string of the molecule is COCCOc1cccc(NC(=O)[C@@H](C)c2ccc3cc(OC)ccc3c2)c1. The molecule has 5 nitrogen and oxygen atoms in total. The fourth-order valence-corrected chi connectivity index (χ4v) is 2.95. The topological polar surface area (TPSA) is 56.8 Å². The molecule has 0 spiro atoms. The zero-order valence-corrected chi connectivity index (χ0v) is 16.4. The average Bonchev–Trinajstić information content (AvgIpc) is 2.73. The van der Waals surface area contributed by atoms with Crippen LogP contribution in [0, 0.1) is 0 Å². The minimum absolute atomic E-state index is 0.0677. The number of carbonyl (C=O) groups is 1. The van der Waals surface area contributed by atoms with E-state index in [2.05, 4.69) is 5.32 Å². The van der Waals surface area contributed by atoms with Crippen LogP contribution in [-0.4, -0.2) is 33.3 Å². The zero-order chi connectivity index (χ0) is 19.9. The van der Waals surface area contributed by atoms with Crippen molar-refractivity contribution >= 4 is 22.4 Å². The number of hydrogen-bond donors (Lipinski definition) is 1. The molecule has 146 valence electrons. The first-order valence-electron chi connectivity index (χ1n) is 9.21. The number of rotatable bonds is 8. The summed E-state index contributed by atoms with van der Waals surface area (Å²) < 4.78 is 15.8. The second kappa shape index (κ2) is 9.24. The van der Waals surface area contributed by atoms with E-state index in [1.54, 1.807) is 14.2 Å². The molecule has 0 unspecified atom stereocenters. The van der Waals surface area contributed by atoms with Crippen LogP contribution in [0.25, 0.3) is 10.8 Å². The summed E-state index contributed by atoms with van der Waals surface area (Å²) >= 11 is 0. The van der Waals surface area contributed by atoms with Gasteiger partial charge in [-0.3, -0.25) is 4.79 Å². The van der Waals surface area contributed by atoms with Gasteiger partial charge < -0.3 is 19.5 Å². The molecule has 1 N–H and O–H groups in total. The van der Waals surface area contributed by atoms with Crippen LogP contribution in [0.15, 0.2) is 60.7 Å². The Bertz CT molecular complexity index is 954. The van der Waals surface area contributed by atoms with Crippen molar-refractivity contribution < 1.29 is 19.0 Å².